The molecule has 0 aromatic heterocycles. The van der Waals surface area contributed by atoms with E-state index in [1.165, 1.54) is 38.5 Å². The maximum atomic E-state index is 12.3. The molecule has 0 N–H and O–H groups in total. The molecule has 0 unspecified atom stereocenters. The van der Waals surface area contributed by atoms with Crippen molar-refractivity contribution >= 4 is 21.9 Å². The van der Waals surface area contributed by atoms with E-state index in [2.05, 4.69) is 15.9 Å². The highest BCUT2D eigenvalue weighted by molar-refractivity contribution is 9.10. The average molecular weight is 343 g/mol. The van der Waals surface area contributed by atoms with Crippen molar-refractivity contribution in [2.75, 3.05) is 13.2 Å². The van der Waals surface area contributed by atoms with Gasteiger partial charge in [0.1, 0.15) is 6.10 Å². The average Bonchev–Trinajstić information content (AvgIpc) is 2.76. The van der Waals surface area contributed by atoms with Crippen molar-refractivity contribution in [1.29, 1.82) is 0 Å². The molecule has 0 radical (unpaired) electrons. The smallest absolute Gasteiger partial charge is 0.306 e. The molecule has 1 aliphatic heterocycles. The molecule has 4 saturated carbocycles. The number of halogens is 1. The summed E-state index contributed by atoms with van der Waals surface area (Å²) in [6.45, 7) is 1.32. The van der Waals surface area contributed by atoms with Crippen LogP contribution in [0.1, 0.15) is 51.4 Å². The second kappa shape index (κ2) is 4.70. The van der Waals surface area contributed by atoms with Gasteiger partial charge in [-0.1, -0.05) is 15.9 Å². The Morgan fingerprint density at radius 2 is 2.00 bits per heavy atom. The summed E-state index contributed by atoms with van der Waals surface area (Å²) < 4.78 is 11.2. The number of carbonyl (C=O) groups is 1. The Morgan fingerprint density at radius 3 is 2.60 bits per heavy atom. The van der Waals surface area contributed by atoms with Crippen LogP contribution in [-0.4, -0.2) is 29.6 Å². The summed E-state index contributed by atoms with van der Waals surface area (Å²) in [5.74, 6) is 1.68. The molecule has 0 aromatic carbocycles. The van der Waals surface area contributed by atoms with E-state index < -0.39 is 0 Å². The molecule has 20 heavy (non-hydrogen) atoms. The van der Waals surface area contributed by atoms with Gasteiger partial charge in [0, 0.05) is 10.7 Å². The Bertz CT molecular complexity index is 402. The van der Waals surface area contributed by atoms with E-state index in [4.69, 9.17) is 9.47 Å². The summed E-state index contributed by atoms with van der Waals surface area (Å²) in [6, 6.07) is 0. The summed E-state index contributed by atoms with van der Waals surface area (Å²) in [5.41, 5.74) is 0.226. The fourth-order valence-corrected chi connectivity index (χ4v) is 7.19. The molecule has 5 aliphatic rings. The molecule has 1 heterocycles. The molecule has 0 aromatic rings. The maximum absolute atomic E-state index is 12.3. The van der Waals surface area contributed by atoms with Crippen LogP contribution < -0.4 is 0 Å². The zero-order valence-electron chi connectivity index (χ0n) is 11.9. The van der Waals surface area contributed by atoms with Crippen molar-refractivity contribution < 1.29 is 14.3 Å². The lowest BCUT2D eigenvalue weighted by Gasteiger charge is -2.60. The first-order valence-electron chi connectivity index (χ1n) is 8.00. The van der Waals surface area contributed by atoms with Gasteiger partial charge in [-0.2, -0.15) is 0 Å². The highest BCUT2D eigenvalue weighted by Gasteiger charge is 2.57. The Morgan fingerprint density at radius 1 is 1.25 bits per heavy atom. The highest BCUT2D eigenvalue weighted by atomic mass is 79.9. The Hall–Kier alpha value is -0.0900. The first kappa shape index (κ1) is 13.6. The number of esters is 1. The van der Waals surface area contributed by atoms with Gasteiger partial charge in [-0.05, 0) is 55.8 Å². The van der Waals surface area contributed by atoms with E-state index in [0.29, 0.717) is 17.4 Å². The summed E-state index contributed by atoms with van der Waals surface area (Å²) in [7, 11) is 0. The zero-order valence-corrected chi connectivity index (χ0v) is 13.5. The maximum Gasteiger partial charge on any atom is 0.306 e. The molecule has 3 nitrogen and oxygen atoms in total. The minimum absolute atomic E-state index is 0.00865. The molecule has 4 aliphatic carbocycles. The lowest BCUT2D eigenvalue weighted by molar-refractivity contribution is -0.156. The van der Waals surface area contributed by atoms with E-state index >= 15 is 0 Å². The Labute approximate surface area is 128 Å². The molecule has 112 valence electrons. The molecule has 0 spiro atoms. The summed E-state index contributed by atoms with van der Waals surface area (Å²) >= 11 is 4.00. The summed E-state index contributed by atoms with van der Waals surface area (Å²) in [4.78, 5) is 12.3. The lowest BCUT2D eigenvalue weighted by Crippen LogP contribution is -2.53. The van der Waals surface area contributed by atoms with Crippen LogP contribution in [0.25, 0.3) is 0 Å². The first-order chi connectivity index (χ1) is 9.54. The fourth-order valence-electron chi connectivity index (χ4n) is 5.68. The van der Waals surface area contributed by atoms with Crippen LogP contribution in [-0.2, 0) is 14.3 Å². The molecule has 5 fully saturated rings. The van der Waals surface area contributed by atoms with Gasteiger partial charge in [-0.15, -0.1) is 0 Å². The molecule has 0 amide bonds. The van der Waals surface area contributed by atoms with E-state index in [1.807, 2.05) is 0 Å². The number of ether oxygens (including phenoxy) is 2. The van der Waals surface area contributed by atoms with E-state index in [9.17, 15) is 4.79 Å². The van der Waals surface area contributed by atoms with Crippen molar-refractivity contribution in [3.63, 3.8) is 0 Å². The number of hydrogen-bond acceptors (Lipinski definition) is 3. The third-order valence-corrected chi connectivity index (χ3v) is 6.74. The second-order valence-electron chi connectivity index (χ2n) is 7.76. The lowest BCUT2D eigenvalue weighted by atomic mass is 9.49. The van der Waals surface area contributed by atoms with Gasteiger partial charge in [-0.3, -0.25) is 4.79 Å². The van der Waals surface area contributed by atoms with Gasteiger partial charge in [0.2, 0.25) is 0 Å². The van der Waals surface area contributed by atoms with Crippen molar-refractivity contribution in [3.05, 3.63) is 0 Å². The topological polar surface area (TPSA) is 35.5 Å². The van der Waals surface area contributed by atoms with Crippen LogP contribution in [0.3, 0.4) is 0 Å². The van der Waals surface area contributed by atoms with Crippen LogP contribution in [0.5, 0.6) is 0 Å². The van der Waals surface area contributed by atoms with E-state index in [1.54, 1.807) is 0 Å². The largest absolute Gasteiger partial charge is 0.460 e. The van der Waals surface area contributed by atoms with Gasteiger partial charge in [0.15, 0.2) is 0 Å². The van der Waals surface area contributed by atoms with Crippen LogP contribution in [0.2, 0.25) is 0 Å². The Balaban J connectivity index is 1.43. The zero-order chi connectivity index (χ0) is 13.8. The third kappa shape index (κ3) is 2.43. The van der Waals surface area contributed by atoms with Crippen molar-refractivity contribution in [1.82, 2.24) is 0 Å². The van der Waals surface area contributed by atoms with Crippen molar-refractivity contribution in [2.45, 2.75) is 61.8 Å². The van der Waals surface area contributed by atoms with E-state index in [0.717, 1.165) is 24.9 Å². The number of rotatable bonds is 3. The standard InChI is InChI=1S/C16H23BrO3/c17-16-6-11-3-12(7-16)5-15(4-11,10-16)8-14(18)20-13-1-2-19-9-13/h11-13H,1-10H2/t11-,12-,13+,15?,16?/m1/s1. The molecule has 4 heteroatoms. The molecule has 1 saturated heterocycles. The summed E-state index contributed by atoms with van der Waals surface area (Å²) in [5, 5.41) is 0. The number of hydrogen-bond donors (Lipinski definition) is 0. The third-order valence-electron chi connectivity index (χ3n) is 5.82. The molecule has 4 bridgehead atoms. The first-order valence-corrected chi connectivity index (χ1v) is 8.80. The van der Waals surface area contributed by atoms with E-state index in [-0.39, 0.29) is 17.5 Å². The fraction of sp³-hybridized carbons (Fsp3) is 0.938. The van der Waals surface area contributed by atoms with Crippen molar-refractivity contribution in [3.8, 4) is 0 Å². The Kier molecular flexibility index (Phi) is 3.19. The second-order valence-corrected chi connectivity index (χ2v) is 9.45. The minimum Gasteiger partial charge on any atom is -0.460 e. The molecular weight excluding hydrogens is 320 g/mol. The van der Waals surface area contributed by atoms with Crippen LogP contribution >= 0.6 is 15.9 Å². The van der Waals surface area contributed by atoms with Gasteiger partial charge in [-0.25, -0.2) is 0 Å². The van der Waals surface area contributed by atoms with Crippen LogP contribution in [0, 0.1) is 17.3 Å². The normalized spacial score (nSPS) is 49.5. The van der Waals surface area contributed by atoms with Crippen molar-refractivity contribution in [2.24, 2.45) is 17.3 Å². The van der Waals surface area contributed by atoms with Gasteiger partial charge >= 0.3 is 5.97 Å². The van der Waals surface area contributed by atoms with Crippen LogP contribution in [0.4, 0.5) is 0 Å². The van der Waals surface area contributed by atoms with Gasteiger partial charge < -0.3 is 9.47 Å². The minimum atomic E-state index is 0.00865. The van der Waals surface area contributed by atoms with Crippen LogP contribution in [0.15, 0.2) is 0 Å². The summed E-state index contributed by atoms with van der Waals surface area (Å²) in [6.07, 6.45) is 9.18. The highest BCUT2D eigenvalue weighted by Crippen LogP contribution is 2.65. The van der Waals surface area contributed by atoms with Gasteiger partial charge in [0.05, 0.1) is 19.6 Å². The molecule has 3 atom stereocenters. The quantitative estimate of drug-likeness (QED) is 0.582. The number of carbonyl (C=O) groups excluding carboxylic acids is 1. The number of alkyl halides is 1. The predicted molar refractivity (Wildman–Crippen MR) is 78.7 cm³/mol. The molecule has 5 rings (SSSR count). The SMILES string of the molecule is O=C(CC12C[C@H]3C[C@@H](CC(Br)(C3)C1)C2)O[C@H]1CCOC1. The predicted octanol–water partition coefficient (Wildman–Crippen LogP) is 3.44. The molecular formula is C16H23BrO3. The van der Waals surface area contributed by atoms with Gasteiger partial charge in [0.25, 0.3) is 0 Å². The monoisotopic (exact) mass is 342 g/mol.